The Morgan fingerprint density at radius 3 is 1.84 bits per heavy atom. The molecule has 1 heterocycles. The zero-order valence-corrected chi connectivity index (χ0v) is 20.7. The Labute approximate surface area is 208 Å². The predicted octanol–water partition coefficient (Wildman–Crippen LogP) is 5.44. The van der Waals surface area contributed by atoms with E-state index in [2.05, 4.69) is 4.28 Å². The lowest BCUT2D eigenvalue weighted by molar-refractivity contribution is -0.170. The molecular formula is C22H22F5NO7S2. The van der Waals surface area contributed by atoms with Crippen LogP contribution in [0.25, 0.3) is 0 Å². The molecule has 0 radical (unpaired) electrons. The van der Waals surface area contributed by atoms with E-state index in [1.54, 1.807) is 0 Å². The quantitative estimate of drug-likeness (QED) is 0.244. The second-order valence-electron chi connectivity index (χ2n) is 10.3. The first-order valence-electron chi connectivity index (χ1n) is 11.4. The third-order valence-electron chi connectivity index (χ3n) is 7.52. The van der Waals surface area contributed by atoms with Crippen LogP contribution in [0.15, 0.2) is 34.6 Å². The Morgan fingerprint density at radius 2 is 1.41 bits per heavy atom. The van der Waals surface area contributed by atoms with E-state index in [-0.39, 0.29) is 33.9 Å². The van der Waals surface area contributed by atoms with Crippen LogP contribution in [-0.2, 0) is 23.9 Å². The maximum atomic E-state index is 13.8. The van der Waals surface area contributed by atoms with E-state index >= 15 is 0 Å². The van der Waals surface area contributed by atoms with Gasteiger partial charge in [-0.3, -0.25) is 14.4 Å². The fourth-order valence-electron chi connectivity index (χ4n) is 6.41. The van der Waals surface area contributed by atoms with Crippen LogP contribution in [-0.4, -0.2) is 37.9 Å². The molecular weight excluding hydrogens is 549 g/mol. The second-order valence-corrected chi connectivity index (χ2v) is 14.2. The highest BCUT2D eigenvalue weighted by Gasteiger charge is 2.68. The Morgan fingerprint density at radius 1 is 0.946 bits per heavy atom. The molecule has 4 fully saturated rings. The standard InChI is InChI=1S/C22H22F5NO7S2/c23-37(24,25,26,27)16(11-34-21(31)22-8-13-5-14(9-22)7-15(6-13)10-22)12-36(32,33)35-28-19(29)17-3-1-2-4-18(17)20(28)30/h1-4,12-15H,5-11H2. The molecule has 0 saturated heterocycles. The lowest BCUT2D eigenvalue weighted by Gasteiger charge is -2.55. The van der Waals surface area contributed by atoms with Crippen molar-refractivity contribution in [1.29, 1.82) is 0 Å². The molecule has 0 spiro atoms. The Bertz CT molecular complexity index is 1290. The normalized spacial score (nSPS) is 31.2. The monoisotopic (exact) mass is 571 g/mol. The number of amides is 2. The van der Waals surface area contributed by atoms with Crippen LogP contribution in [0.3, 0.4) is 0 Å². The third-order valence-corrected chi connectivity index (χ3v) is 9.83. The zero-order valence-electron chi connectivity index (χ0n) is 19.1. The number of imide groups is 1. The highest BCUT2D eigenvalue weighted by molar-refractivity contribution is 8.48. The summed E-state index contributed by atoms with van der Waals surface area (Å²) in [6, 6.07) is 4.97. The van der Waals surface area contributed by atoms with Crippen LogP contribution < -0.4 is 0 Å². The van der Waals surface area contributed by atoms with E-state index in [0.717, 1.165) is 31.4 Å². The molecule has 1 aromatic carbocycles. The van der Waals surface area contributed by atoms with Gasteiger partial charge in [0.1, 0.15) is 11.5 Å². The third kappa shape index (κ3) is 4.88. The van der Waals surface area contributed by atoms with Gasteiger partial charge in [-0.2, -0.15) is 8.42 Å². The van der Waals surface area contributed by atoms with E-state index in [1.807, 2.05) is 0 Å². The average Bonchev–Trinajstić information content (AvgIpc) is 2.98. The van der Waals surface area contributed by atoms with E-state index in [0.29, 0.717) is 19.3 Å². The topological polar surface area (TPSA) is 107 Å². The number of fused-ring (bicyclic) bond motifs is 1. The van der Waals surface area contributed by atoms with E-state index in [1.165, 1.54) is 12.1 Å². The summed E-state index contributed by atoms with van der Waals surface area (Å²) in [5, 5.41) is -1.27. The Balaban J connectivity index is 1.38. The maximum Gasteiger partial charge on any atom is 0.312 e. The molecule has 0 N–H and O–H groups in total. The van der Waals surface area contributed by atoms with Crippen molar-refractivity contribution in [3.8, 4) is 0 Å². The first kappa shape index (κ1) is 26.1. The fraction of sp³-hybridized carbons (Fsp3) is 0.500. The molecule has 15 heteroatoms. The molecule has 37 heavy (non-hydrogen) atoms. The van der Waals surface area contributed by atoms with Crippen molar-refractivity contribution in [2.24, 2.45) is 23.2 Å². The van der Waals surface area contributed by atoms with Gasteiger partial charge >= 0.3 is 26.3 Å². The van der Waals surface area contributed by atoms with Gasteiger partial charge in [0, 0.05) is 0 Å². The fourth-order valence-corrected chi connectivity index (χ4v) is 8.55. The number of carbonyl (C=O) groups excluding carboxylic acids is 3. The maximum absolute atomic E-state index is 13.8. The molecule has 8 nitrogen and oxygen atoms in total. The molecule has 5 aliphatic rings. The summed E-state index contributed by atoms with van der Waals surface area (Å²) in [6.45, 7) is -2.07. The van der Waals surface area contributed by atoms with E-state index in [4.69, 9.17) is 4.74 Å². The van der Waals surface area contributed by atoms with Gasteiger partial charge in [-0.25, -0.2) is 0 Å². The number of hydroxylamine groups is 2. The van der Waals surface area contributed by atoms with Gasteiger partial charge in [-0.15, -0.1) is 9.35 Å². The number of esters is 1. The first-order valence-corrected chi connectivity index (χ1v) is 14.8. The van der Waals surface area contributed by atoms with Crippen LogP contribution >= 0.6 is 10.2 Å². The van der Waals surface area contributed by atoms with Gasteiger partial charge in [-0.05, 0) is 68.4 Å². The molecule has 4 saturated carbocycles. The minimum atomic E-state index is -10.7. The molecule has 1 aliphatic heterocycles. The van der Waals surface area contributed by atoms with Crippen molar-refractivity contribution in [2.75, 3.05) is 6.61 Å². The molecule has 0 aromatic heterocycles. The Kier molecular flexibility index (Phi) is 5.31. The van der Waals surface area contributed by atoms with Crippen LogP contribution in [0.2, 0.25) is 0 Å². The van der Waals surface area contributed by atoms with Crippen molar-refractivity contribution >= 4 is 38.1 Å². The molecule has 4 aliphatic carbocycles. The molecule has 2 amide bonds. The van der Waals surface area contributed by atoms with E-state index in [9.17, 15) is 42.2 Å². The smallest absolute Gasteiger partial charge is 0.312 e. The number of rotatable bonds is 7. The molecule has 1 aromatic rings. The summed E-state index contributed by atoms with van der Waals surface area (Å²) in [7, 11) is -16.4. The zero-order chi connectivity index (χ0) is 27.1. The minimum Gasteiger partial charge on any atom is -0.459 e. The summed E-state index contributed by atoms with van der Waals surface area (Å²) in [4.78, 5) is 34.5. The number of hydrogen-bond donors (Lipinski definition) is 0. The van der Waals surface area contributed by atoms with Gasteiger partial charge < -0.3 is 4.74 Å². The summed E-state index contributed by atoms with van der Waals surface area (Å²) in [5.74, 6) is -3.06. The lowest BCUT2D eigenvalue weighted by Crippen LogP contribution is -2.50. The highest BCUT2D eigenvalue weighted by atomic mass is 32.5. The molecule has 4 bridgehead atoms. The molecule has 204 valence electrons. The first-order chi connectivity index (χ1) is 16.9. The van der Waals surface area contributed by atoms with Gasteiger partial charge in [0.2, 0.25) is 0 Å². The molecule has 0 atom stereocenters. The number of benzene rings is 1. The molecule has 0 unspecified atom stereocenters. The lowest BCUT2D eigenvalue weighted by atomic mass is 9.49. The second kappa shape index (κ2) is 7.53. The predicted molar refractivity (Wildman–Crippen MR) is 120 cm³/mol. The van der Waals surface area contributed by atoms with Gasteiger partial charge in [0.05, 0.1) is 21.9 Å². The summed E-state index contributed by atoms with van der Waals surface area (Å²) in [5.41, 5.74) is -1.65. The van der Waals surface area contributed by atoms with Crippen molar-refractivity contribution in [1.82, 2.24) is 5.06 Å². The number of halogens is 5. The summed E-state index contributed by atoms with van der Waals surface area (Å²) in [6.07, 6.45) is 3.85. The van der Waals surface area contributed by atoms with Crippen molar-refractivity contribution < 1.29 is 51.3 Å². The van der Waals surface area contributed by atoms with Crippen molar-refractivity contribution in [3.05, 3.63) is 45.7 Å². The average molecular weight is 572 g/mol. The van der Waals surface area contributed by atoms with Crippen LogP contribution in [0.5, 0.6) is 0 Å². The Hall–Kier alpha value is -2.52. The number of nitrogens with zero attached hydrogens (tertiary/aromatic N) is 1. The minimum absolute atomic E-state index is 0.206. The number of ether oxygens (including phenoxy) is 1. The summed E-state index contributed by atoms with van der Waals surface area (Å²) >= 11 is 0. The number of carbonyl (C=O) groups is 3. The van der Waals surface area contributed by atoms with Gasteiger partial charge in [0.25, 0.3) is 11.8 Å². The highest BCUT2D eigenvalue weighted by Crippen LogP contribution is 3.02. The van der Waals surface area contributed by atoms with E-state index < -0.39 is 60.5 Å². The summed E-state index contributed by atoms with van der Waals surface area (Å²) < 4.78 is 102. The van der Waals surface area contributed by atoms with Gasteiger partial charge in [-0.1, -0.05) is 31.6 Å². The largest absolute Gasteiger partial charge is 0.459 e. The number of hydrogen-bond acceptors (Lipinski definition) is 7. The van der Waals surface area contributed by atoms with Crippen LogP contribution in [0.4, 0.5) is 19.4 Å². The SMILES string of the molecule is O=C1c2ccccc2C(=O)N1OS(=O)(=O)C=C(COC(=O)C12CC3CC(CC(C3)C1)C2)S(F)(F)(F)(F)F. The van der Waals surface area contributed by atoms with Crippen LogP contribution in [0, 0.1) is 23.2 Å². The van der Waals surface area contributed by atoms with Crippen molar-refractivity contribution in [2.45, 2.75) is 38.5 Å². The van der Waals surface area contributed by atoms with Crippen LogP contribution in [0.1, 0.15) is 59.2 Å². The van der Waals surface area contributed by atoms with Gasteiger partial charge in [0.15, 0.2) is 0 Å². The molecule has 6 rings (SSSR count). The van der Waals surface area contributed by atoms with Crippen molar-refractivity contribution in [3.63, 3.8) is 0 Å².